The van der Waals surface area contributed by atoms with Crippen LogP contribution in [0.4, 0.5) is 0 Å². The highest BCUT2D eigenvalue weighted by Crippen LogP contribution is 2.33. The summed E-state index contributed by atoms with van der Waals surface area (Å²) in [4.78, 5) is 13.8. The van der Waals surface area contributed by atoms with E-state index in [2.05, 4.69) is 33.9 Å². The third-order valence-corrected chi connectivity index (χ3v) is 5.46. The maximum atomic E-state index is 11.2. The summed E-state index contributed by atoms with van der Waals surface area (Å²) in [7, 11) is 1.39. The lowest BCUT2D eigenvalue weighted by Crippen LogP contribution is -2.27. The molecule has 25 heavy (non-hydrogen) atoms. The molecule has 0 radical (unpaired) electrons. The van der Waals surface area contributed by atoms with E-state index in [-0.39, 0.29) is 5.97 Å². The zero-order chi connectivity index (χ0) is 17.5. The average Bonchev–Trinajstić information content (AvgIpc) is 3.14. The van der Waals surface area contributed by atoms with Crippen molar-refractivity contribution < 1.29 is 14.3 Å². The first-order valence-electron chi connectivity index (χ1n) is 9.44. The van der Waals surface area contributed by atoms with E-state index in [4.69, 9.17) is 4.74 Å². The fraction of sp³-hybridized carbons (Fsp3) is 0.571. The lowest BCUT2D eigenvalue weighted by molar-refractivity contribution is -0.134. The van der Waals surface area contributed by atoms with Crippen molar-refractivity contribution in [3.05, 3.63) is 41.5 Å². The Bertz CT molecular complexity index is 575. The van der Waals surface area contributed by atoms with Crippen LogP contribution < -0.4 is 0 Å². The molecule has 1 atom stereocenters. The zero-order valence-electron chi connectivity index (χ0n) is 15.2. The summed E-state index contributed by atoms with van der Waals surface area (Å²) in [6.07, 6.45) is 9.52. The smallest absolute Gasteiger partial charge is 0.330 e. The Morgan fingerprint density at radius 3 is 2.72 bits per heavy atom. The minimum atomic E-state index is -0.320. The molecule has 2 fully saturated rings. The SMILES string of the molecule is COC(=O)/C=C/c1ccc([C@@H]2CCCN2CCC2CCOCC2)cc1. The van der Waals surface area contributed by atoms with Crippen molar-refractivity contribution in [3.63, 3.8) is 0 Å². The Labute approximate surface area is 150 Å². The van der Waals surface area contributed by atoms with Crippen LogP contribution in [0, 0.1) is 5.92 Å². The second-order valence-corrected chi connectivity index (χ2v) is 7.06. The van der Waals surface area contributed by atoms with Gasteiger partial charge in [0, 0.05) is 25.3 Å². The van der Waals surface area contributed by atoms with Gasteiger partial charge in [0.05, 0.1) is 7.11 Å². The number of benzene rings is 1. The molecule has 4 nitrogen and oxygen atoms in total. The first-order chi connectivity index (χ1) is 12.3. The molecule has 2 saturated heterocycles. The average molecular weight is 343 g/mol. The fourth-order valence-corrected chi connectivity index (χ4v) is 3.92. The maximum absolute atomic E-state index is 11.2. The molecule has 0 spiro atoms. The van der Waals surface area contributed by atoms with Crippen molar-refractivity contribution in [2.24, 2.45) is 5.92 Å². The normalized spacial score (nSPS) is 22.5. The van der Waals surface area contributed by atoms with E-state index in [1.165, 1.54) is 63.9 Å². The predicted molar refractivity (Wildman–Crippen MR) is 99.2 cm³/mol. The van der Waals surface area contributed by atoms with E-state index in [0.29, 0.717) is 6.04 Å². The van der Waals surface area contributed by atoms with Crippen LogP contribution in [0.15, 0.2) is 30.3 Å². The molecule has 2 heterocycles. The summed E-state index contributed by atoms with van der Waals surface area (Å²) >= 11 is 0. The van der Waals surface area contributed by atoms with Gasteiger partial charge in [0.1, 0.15) is 0 Å². The number of rotatable bonds is 6. The van der Waals surface area contributed by atoms with Crippen LogP contribution in [-0.4, -0.2) is 44.3 Å². The molecule has 0 amide bonds. The van der Waals surface area contributed by atoms with Gasteiger partial charge in [-0.15, -0.1) is 0 Å². The van der Waals surface area contributed by atoms with Gasteiger partial charge in [0.2, 0.25) is 0 Å². The number of hydrogen-bond donors (Lipinski definition) is 0. The number of nitrogens with zero attached hydrogens (tertiary/aromatic N) is 1. The van der Waals surface area contributed by atoms with E-state index in [9.17, 15) is 4.79 Å². The minimum absolute atomic E-state index is 0.320. The Kier molecular flexibility index (Phi) is 6.65. The van der Waals surface area contributed by atoms with Crippen molar-refractivity contribution in [3.8, 4) is 0 Å². The molecule has 0 saturated carbocycles. The first-order valence-corrected chi connectivity index (χ1v) is 9.44. The highest BCUT2D eigenvalue weighted by Gasteiger charge is 2.26. The summed E-state index contributed by atoms with van der Waals surface area (Å²) in [6, 6.07) is 9.12. The van der Waals surface area contributed by atoms with Crippen LogP contribution in [0.3, 0.4) is 0 Å². The number of carbonyl (C=O) groups excluding carboxylic acids is 1. The van der Waals surface area contributed by atoms with E-state index in [1.807, 2.05) is 0 Å². The largest absolute Gasteiger partial charge is 0.466 e. The molecule has 136 valence electrons. The van der Waals surface area contributed by atoms with Crippen LogP contribution >= 0.6 is 0 Å². The molecule has 2 aliphatic heterocycles. The quantitative estimate of drug-likeness (QED) is 0.581. The van der Waals surface area contributed by atoms with Crippen LogP contribution in [0.2, 0.25) is 0 Å². The molecule has 4 heteroatoms. The Morgan fingerprint density at radius 1 is 1.24 bits per heavy atom. The number of esters is 1. The van der Waals surface area contributed by atoms with Crippen molar-refractivity contribution in [2.75, 3.05) is 33.4 Å². The number of ether oxygens (including phenoxy) is 2. The van der Waals surface area contributed by atoms with Crippen LogP contribution in [0.1, 0.15) is 49.3 Å². The summed E-state index contributed by atoms with van der Waals surface area (Å²) in [6.45, 7) is 4.28. The van der Waals surface area contributed by atoms with E-state index in [0.717, 1.165) is 24.7 Å². The molecule has 0 aromatic heterocycles. The molecule has 0 bridgehead atoms. The van der Waals surface area contributed by atoms with Gasteiger partial charge in [-0.2, -0.15) is 0 Å². The summed E-state index contributed by atoms with van der Waals surface area (Å²) < 4.78 is 10.1. The molecule has 0 N–H and O–H groups in total. The zero-order valence-corrected chi connectivity index (χ0v) is 15.2. The van der Waals surface area contributed by atoms with Gasteiger partial charge in [-0.05, 0) is 68.3 Å². The summed E-state index contributed by atoms with van der Waals surface area (Å²) in [5.74, 6) is 0.514. The molecule has 3 rings (SSSR count). The first kappa shape index (κ1) is 18.2. The number of likely N-dealkylation sites (tertiary alicyclic amines) is 1. The topological polar surface area (TPSA) is 38.8 Å². The second kappa shape index (κ2) is 9.16. The number of hydrogen-bond acceptors (Lipinski definition) is 4. The predicted octanol–water partition coefficient (Wildman–Crippen LogP) is 3.83. The van der Waals surface area contributed by atoms with Crippen LogP contribution in [0.25, 0.3) is 6.08 Å². The fourth-order valence-electron chi connectivity index (χ4n) is 3.92. The Hall–Kier alpha value is -1.65. The molecule has 0 unspecified atom stereocenters. The Morgan fingerprint density at radius 2 is 2.00 bits per heavy atom. The van der Waals surface area contributed by atoms with E-state index in [1.54, 1.807) is 6.08 Å². The third kappa shape index (κ3) is 5.16. The van der Waals surface area contributed by atoms with Gasteiger partial charge >= 0.3 is 5.97 Å². The molecule has 1 aromatic carbocycles. The van der Waals surface area contributed by atoms with Gasteiger partial charge in [-0.3, -0.25) is 4.90 Å². The van der Waals surface area contributed by atoms with Gasteiger partial charge in [0.25, 0.3) is 0 Å². The monoisotopic (exact) mass is 343 g/mol. The highest BCUT2D eigenvalue weighted by molar-refractivity contribution is 5.86. The molecule has 0 aliphatic carbocycles. The summed E-state index contributed by atoms with van der Waals surface area (Å²) in [5.41, 5.74) is 2.42. The van der Waals surface area contributed by atoms with Crippen molar-refractivity contribution in [1.82, 2.24) is 4.90 Å². The van der Waals surface area contributed by atoms with Gasteiger partial charge < -0.3 is 9.47 Å². The second-order valence-electron chi connectivity index (χ2n) is 7.06. The lowest BCUT2D eigenvalue weighted by Gasteiger charge is -2.28. The van der Waals surface area contributed by atoms with E-state index < -0.39 is 0 Å². The number of methoxy groups -OCH3 is 1. The Balaban J connectivity index is 1.56. The lowest BCUT2D eigenvalue weighted by atomic mass is 9.96. The molecular formula is C21H29NO3. The molecule has 2 aliphatic rings. The third-order valence-electron chi connectivity index (χ3n) is 5.46. The minimum Gasteiger partial charge on any atom is -0.466 e. The molecule has 1 aromatic rings. The van der Waals surface area contributed by atoms with Gasteiger partial charge in [-0.1, -0.05) is 24.3 Å². The summed E-state index contributed by atoms with van der Waals surface area (Å²) in [5, 5.41) is 0. The van der Waals surface area contributed by atoms with Crippen molar-refractivity contribution in [1.29, 1.82) is 0 Å². The molecular weight excluding hydrogens is 314 g/mol. The van der Waals surface area contributed by atoms with Crippen LogP contribution in [-0.2, 0) is 14.3 Å². The maximum Gasteiger partial charge on any atom is 0.330 e. The van der Waals surface area contributed by atoms with Crippen LogP contribution in [0.5, 0.6) is 0 Å². The standard InChI is InChI=1S/C21H29NO3/c1-24-21(23)9-6-17-4-7-19(8-5-17)20-3-2-13-22(20)14-10-18-11-15-25-16-12-18/h4-9,18,20H,2-3,10-16H2,1H3/b9-6+/t20-/m0/s1. The van der Waals surface area contributed by atoms with Crippen molar-refractivity contribution in [2.45, 2.75) is 38.1 Å². The number of carbonyl (C=O) groups is 1. The highest BCUT2D eigenvalue weighted by atomic mass is 16.5. The van der Waals surface area contributed by atoms with Gasteiger partial charge in [0.15, 0.2) is 0 Å². The van der Waals surface area contributed by atoms with Gasteiger partial charge in [-0.25, -0.2) is 4.79 Å². The van der Waals surface area contributed by atoms with E-state index >= 15 is 0 Å². The van der Waals surface area contributed by atoms with Crippen molar-refractivity contribution >= 4 is 12.0 Å².